The zero-order valence-electron chi connectivity index (χ0n) is 10.7. The van der Waals surface area contributed by atoms with E-state index >= 15 is 0 Å². The molecule has 1 aliphatic rings. The number of nitrogens with two attached hydrogens (primary N) is 1. The van der Waals surface area contributed by atoms with Crippen LogP contribution in [-0.4, -0.2) is 17.9 Å². The second kappa shape index (κ2) is 4.28. The predicted octanol–water partition coefficient (Wildman–Crippen LogP) is 2.71. The number of carbonyl (C=O) groups is 1. The first kappa shape index (κ1) is 12.0. The lowest BCUT2D eigenvalue weighted by atomic mass is 10.2. The van der Waals surface area contributed by atoms with E-state index in [-0.39, 0.29) is 5.91 Å². The molecule has 0 spiro atoms. The molecule has 2 heterocycles. The average molecular weight is 271 g/mol. The normalized spacial score (nSPS) is 13.8. The van der Waals surface area contributed by atoms with Crippen molar-refractivity contribution in [3.05, 3.63) is 41.6 Å². The molecule has 0 saturated heterocycles. The average Bonchev–Trinajstić information content (AvgIpc) is 2.48. The van der Waals surface area contributed by atoms with Crippen LogP contribution in [0, 0.1) is 6.92 Å². The highest BCUT2D eigenvalue weighted by atomic mass is 32.2. The highest BCUT2D eigenvalue weighted by Crippen LogP contribution is 2.40. The number of hydrogen-bond donors (Lipinski definition) is 1. The monoisotopic (exact) mass is 271 g/mol. The maximum Gasteiger partial charge on any atom is 0.260 e. The maximum absolute atomic E-state index is 12.5. The van der Waals surface area contributed by atoms with Crippen molar-refractivity contribution in [1.29, 1.82) is 0 Å². The third-order valence-corrected chi connectivity index (χ3v) is 4.16. The number of nitrogen functional groups attached to an aromatic ring is 1. The number of rotatable bonds is 0. The van der Waals surface area contributed by atoms with Gasteiger partial charge in [0.1, 0.15) is 5.03 Å². The Morgan fingerprint density at radius 2 is 2.11 bits per heavy atom. The fourth-order valence-electron chi connectivity index (χ4n) is 2.08. The molecule has 5 heteroatoms. The van der Waals surface area contributed by atoms with Crippen LogP contribution < -0.4 is 10.6 Å². The number of amides is 1. The third-order valence-electron chi connectivity index (χ3n) is 3.09. The highest BCUT2D eigenvalue weighted by Gasteiger charge is 2.25. The second-order valence-electron chi connectivity index (χ2n) is 4.56. The molecule has 0 unspecified atom stereocenters. The molecule has 0 radical (unpaired) electrons. The Bertz CT molecular complexity index is 684. The molecule has 0 fully saturated rings. The van der Waals surface area contributed by atoms with E-state index in [1.807, 2.05) is 19.1 Å². The van der Waals surface area contributed by atoms with E-state index in [4.69, 9.17) is 5.73 Å². The highest BCUT2D eigenvalue weighted by molar-refractivity contribution is 7.99. The summed E-state index contributed by atoms with van der Waals surface area (Å²) in [7, 11) is 1.77. The number of anilines is 2. The molecule has 1 amide bonds. The zero-order chi connectivity index (χ0) is 13.6. The number of fused-ring (bicyclic) bond motifs is 2. The molecule has 2 N–H and O–H groups in total. The Balaban J connectivity index is 2.23. The van der Waals surface area contributed by atoms with Crippen LogP contribution in [0.4, 0.5) is 11.4 Å². The number of carbonyl (C=O) groups excluding carboxylic acids is 1. The van der Waals surface area contributed by atoms with Crippen molar-refractivity contribution in [3.63, 3.8) is 0 Å². The lowest BCUT2D eigenvalue weighted by molar-refractivity contribution is 0.0989. The Kier molecular flexibility index (Phi) is 2.71. The van der Waals surface area contributed by atoms with Crippen LogP contribution >= 0.6 is 11.8 Å². The standard InChI is InChI=1S/C14H13N3OS/c1-8-3-4-11-12(5-8)19-13-10(14(18)17(11)2)6-9(15)7-16-13/h3-7H,15H2,1-2H3. The van der Waals surface area contributed by atoms with Crippen LogP contribution in [0.1, 0.15) is 15.9 Å². The van der Waals surface area contributed by atoms with Gasteiger partial charge in [-0.3, -0.25) is 4.79 Å². The lowest BCUT2D eigenvalue weighted by Gasteiger charge is -2.17. The van der Waals surface area contributed by atoms with E-state index in [9.17, 15) is 4.79 Å². The maximum atomic E-state index is 12.5. The molecule has 0 bridgehead atoms. The molecule has 1 aliphatic heterocycles. The van der Waals surface area contributed by atoms with Gasteiger partial charge in [-0.2, -0.15) is 0 Å². The van der Waals surface area contributed by atoms with Gasteiger partial charge in [0.2, 0.25) is 0 Å². The second-order valence-corrected chi connectivity index (χ2v) is 5.59. The number of hydrogen-bond acceptors (Lipinski definition) is 4. The lowest BCUT2D eigenvalue weighted by Crippen LogP contribution is -2.26. The first-order valence-electron chi connectivity index (χ1n) is 5.88. The van der Waals surface area contributed by atoms with Crippen molar-refractivity contribution in [2.45, 2.75) is 16.8 Å². The Hall–Kier alpha value is -2.01. The van der Waals surface area contributed by atoms with Gasteiger partial charge >= 0.3 is 0 Å². The molecule has 19 heavy (non-hydrogen) atoms. The molecule has 1 aromatic heterocycles. The number of aryl methyl sites for hydroxylation is 1. The van der Waals surface area contributed by atoms with E-state index in [1.54, 1.807) is 24.2 Å². The van der Waals surface area contributed by atoms with Gasteiger partial charge in [-0.25, -0.2) is 4.98 Å². The summed E-state index contributed by atoms with van der Waals surface area (Å²) < 4.78 is 0. The minimum atomic E-state index is -0.0788. The van der Waals surface area contributed by atoms with Gasteiger partial charge in [-0.05, 0) is 30.7 Å². The Labute approximate surface area is 115 Å². The van der Waals surface area contributed by atoms with Crippen LogP contribution in [0.15, 0.2) is 40.4 Å². The Morgan fingerprint density at radius 3 is 2.89 bits per heavy atom. The van der Waals surface area contributed by atoms with Gasteiger partial charge in [-0.1, -0.05) is 17.8 Å². The SMILES string of the molecule is Cc1ccc2c(c1)Sc1ncc(N)cc1C(=O)N2C. The van der Waals surface area contributed by atoms with Crippen molar-refractivity contribution in [1.82, 2.24) is 4.98 Å². The quantitative estimate of drug-likeness (QED) is 0.800. The summed E-state index contributed by atoms with van der Waals surface area (Å²) in [5, 5.41) is 0.704. The minimum Gasteiger partial charge on any atom is -0.397 e. The van der Waals surface area contributed by atoms with Crippen molar-refractivity contribution in [2.75, 3.05) is 17.7 Å². The number of aromatic nitrogens is 1. The zero-order valence-corrected chi connectivity index (χ0v) is 11.5. The summed E-state index contributed by atoms with van der Waals surface area (Å²) in [4.78, 5) is 19.4. The van der Waals surface area contributed by atoms with Crippen LogP contribution in [0.3, 0.4) is 0 Å². The molecule has 1 aromatic carbocycles. The molecule has 3 rings (SSSR count). The molecule has 4 nitrogen and oxygen atoms in total. The van der Waals surface area contributed by atoms with E-state index < -0.39 is 0 Å². The van der Waals surface area contributed by atoms with E-state index in [2.05, 4.69) is 11.1 Å². The molecular formula is C14H13N3OS. The smallest absolute Gasteiger partial charge is 0.260 e. The minimum absolute atomic E-state index is 0.0788. The van der Waals surface area contributed by atoms with Crippen molar-refractivity contribution < 1.29 is 4.79 Å². The third kappa shape index (κ3) is 1.96. The summed E-state index contributed by atoms with van der Waals surface area (Å²) in [5.74, 6) is -0.0788. The van der Waals surface area contributed by atoms with Gasteiger partial charge in [0.25, 0.3) is 5.91 Å². The van der Waals surface area contributed by atoms with Crippen LogP contribution in [-0.2, 0) is 0 Å². The van der Waals surface area contributed by atoms with Crippen LogP contribution in [0.5, 0.6) is 0 Å². The summed E-state index contributed by atoms with van der Waals surface area (Å²) in [6.07, 6.45) is 1.58. The van der Waals surface area contributed by atoms with Crippen molar-refractivity contribution >= 4 is 29.0 Å². The van der Waals surface area contributed by atoms with Gasteiger partial charge in [0.05, 0.1) is 23.1 Å². The van der Waals surface area contributed by atoms with Gasteiger partial charge in [0, 0.05) is 11.9 Å². The van der Waals surface area contributed by atoms with Gasteiger partial charge in [-0.15, -0.1) is 0 Å². The molecule has 96 valence electrons. The summed E-state index contributed by atoms with van der Waals surface area (Å²) in [5.41, 5.74) is 8.85. The van der Waals surface area contributed by atoms with Crippen LogP contribution in [0.25, 0.3) is 0 Å². The Morgan fingerprint density at radius 1 is 1.32 bits per heavy atom. The largest absolute Gasteiger partial charge is 0.397 e. The molecular weight excluding hydrogens is 258 g/mol. The first-order chi connectivity index (χ1) is 9.06. The molecule has 0 aliphatic carbocycles. The fourth-order valence-corrected chi connectivity index (χ4v) is 3.20. The molecule has 2 aromatic rings. The summed E-state index contributed by atoms with van der Waals surface area (Å²) in [6.45, 7) is 2.03. The summed E-state index contributed by atoms with van der Waals surface area (Å²) >= 11 is 1.50. The number of benzene rings is 1. The van der Waals surface area contributed by atoms with E-state index in [0.29, 0.717) is 16.3 Å². The molecule has 0 atom stereocenters. The molecule has 0 saturated carbocycles. The summed E-state index contributed by atoms with van der Waals surface area (Å²) in [6, 6.07) is 7.72. The predicted molar refractivity (Wildman–Crippen MR) is 76.7 cm³/mol. The van der Waals surface area contributed by atoms with Crippen molar-refractivity contribution in [2.24, 2.45) is 0 Å². The number of nitrogens with zero attached hydrogens (tertiary/aromatic N) is 2. The van der Waals surface area contributed by atoms with Crippen molar-refractivity contribution in [3.8, 4) is 0 Å². The first-order valence-corrected chi connectivity index (χ1v) is 6.70. The fraction of sp³-hybridized carbons (Fsp3) is 0.143. The van der Waals surface area contributed by atoms with E-state index in [0.717, 1.165) is 16.1 Å². The number of pyridine rings is 1. The topological polar surface area (TPSA) is 59.2 Å². The van der Waals surface area contributed by atoms with Gasteiger partial charge in [0.15, 0.2) is 0 Å². The van der Waals surface area contributed by atoms with E-state index in [1.165, 1.54) is 11.8 Å². The van der Waals surface area contributed by atoms with Crippen LogP contribution in [0.2, 0.25) is 0 Å². The van der Waals surface area contributed by atoms with Gasteiger partial charge < -0.3 is 10.6 Å².